The number of phenolic OH excluding ortho intramolecular Hbond substituents is 2. The molecule has 0 amide bonds. The third-order valence-electron chi connectivity index (χ3n) is 6.13. The molecule has 6 heteroatoms. The fourth-order valence-electron chi connectivity index (χ4n) is 5.04. The zero-order chi connectivity index (χ0) is 18.1. The molecular formula is C20H19NO5. The Kier molecular flexibility index (Phi) is 2.86. The molecule has 1 saturated carbocycles. The maximum atomic E-state index is 12.8. The maximum Gasteiger partial charge on any atom is 0.344 e. The number of carbonyl (C=O) groups excluding carboxylic acids is 1. The fraction of sp³-hybridized carbons (Fsp3) is 0.350. The molecule has 3 aliphatic rings. The molecule has 2 atom stereocenters. The van der Waals surface area contributed by atoms with Crippen LogP contribution >= 0.6 is 0 Å². The molecule has 5 rings (SSSR count). The molecule has 0 radical (unpaired) electrons. The van der Waals surface area contributed by atoms with Crippen LogP contribution in [0.15, 0.2) is 30.3 Å². The van der Waals surface area contributed by atoms with Gasteiger partial charge in [-0.05, 0) is 48.2 Å². The second-order valence-corrected chi connectivity index (χ2v) is 7.22. The molecule has 0 aromatic heterocycles. The number of rotatable bonds is 1. The Balaban J connectivity index is 1.88. The van der Waals surface area contributed by atoms with E-state index in [0.717, 1.165) is 36.3 Å². The molecule has 2 heterocycles. The first-order valence-electron chi connectivity index (χ1n) is 8.78. The molecule has 134 valence electrons. The summed E-state index contributed by atoms with van der Waals surface area (Å²) in [5, 5.41) is 23.7. The average molecular weight is 353 g/mol. The van der Waals surface area contributed by atoms with Crippen LogP contribution in [0.3, 0.4) is 0 Å². The van der Waals surface area contributed by atoms with Gasteiger partial charge in [-0.15, -0.1) is 0 Å². The summed E-state index contributed by atoms with van der Waals surface area (Å²) in [6.45, 7) is 0. The summed E-state index contributed by atoms with van der Waals surface area (Å²) in [5.74, 6) is -0.629. The number of ether oxygens (including phenoxy) is 2. The van der Waals surface area contributed by atoms with Crippen LogP contribution in [0.2, 0.25) is 0 Å². The van der Waals surface area contributed by atoms with E-state index < -0.39 is 22.9 Å². The first-order valence-corrected chi connectivity index (χ1v) is 8.78. The third kappa shape index (κ3) is 1.60. The van der Waals surface area contributed by atoms with Crippen molar-refractivity contribution in [3.05, 3.63) is 47.0 Å². The van der Waals surface area contributed by atoms with E-state index in [-0.39, 0.29) is 11.3 Å². The van der Waals surface area contributed by atoms with Gasteiger partial charge in [-0.2, -0.15) is 0 Å². The van der Waals surface area contributed by atoms with E-state index in [0.29, 0.717) is 12.0 Å². The van der Waals surface area contributed by atoms with Crippen LogP contribution in [0.4, 0.5) is 5.69 Å². The molecule has 6 nitrogen and oxygen atoms in total. The molecule has 1 aliphatic carbocycles. The van der Waals surface area contributed by atoms with Crippen molar-refractivity contribution in [3.8, 4) is 17.2 Å². The first-order chi connectivity index (χ1) is 12.5. The van der Waals surface area contributed by atoms with Crippen LogP contribution in [0, 0.1) is 0 Å². The van der Waals surface area contributed by atoms with E-state index in [9.17, 15) is 15.0 Å². The topological polar surface area (TPSA) is 88.0 Å². The minimum atomic E-state index is -0.882. The Morgan fingerprint density at radius 2 is 1.92 bits per heavy atom. The molecule has 26 heavy (non-hydrogen) atoms. The van der Waals surface area contributed by atoms with Gasteiger partial charge in [0, 0.05) is 12.1 Å². The van der Waals surface area contributed by atoms with Crippen molar-refractivity contribution in [2.75, 3.05) is 12.4 Å². The molecule has 2 aromatic rings. The van der Waals surface area contributed by atoms with Crippen LogP contribution in [0.5, 0.6) is 17.2 Å². The lowest BCUT2D eigenvalue weighted by molar-refractivity contribution is -0.0601. The fourth-order valence-corrected chi connectivity index (χ4v) is 5.04. The van der Waals surface area contributed by atoms with Gasteiger partial charge in [-0.1, -0.05) is 12.5 Å². The van der Waals surface area contributed by atoms with E-state index in [4.69, 9.17) is 9.47 Å². The predicted molar refractivity (Wildman–Crippen MR) is 93.8 cm³/mol. The summed E-state index contributed by atoms with van der Waals surface area (Å²) in [6, 6.07) is 8.97. The highest BCUT2D eigenvalue weighted by Crippen LogP contribution is 2.63. The molecule has 0 saturated heterocycles. The van der Waals surface area contributed by atoms with Gasteiger partial charge in [0.05, 0.1) is 12.5 Å². The van der Waals surface area contributed by atoms with Crippen molar-refractivity contribution in [3.63, 3.8) is 0 Å². The van der Waals surface area contributed by atoms with Crippen molar-refractivity contribution in [2.24, 2.45) is 0 Å². The van der Waals surface area contributed by atoms with Crippen molar-refractivity contribution < 1.29 is 24.5 Å². The van der Waals surface area contributed by atoms with Gasteiger partial charge in [0.25, 0.3) is 0 Å². The van der Waals surface area contributed by atoms with E-state index in [1.807, 2.05) is 18.2 Å². The highest BCUT2D eigenvalue weighted by Gasteiger charge is 2.66. The lowest BCUT2D eigenvalue weighted by Gasteiger charge is -2.51. The molecule has 0 unspecified atom stereocenters. The van der Waals surface area contributed by atoms with Gasteiger partial charge in [0.2, 0.25) is 0 Å². The Hall–Kier alpha value is -2.89. The highest BCUT2D eigenvalue weighted by atomic mass is 16.6. The second-order valence-electron chi connectivity index (χ2n) is 7.22. The van der Waals surface area contributed by atoms with Crippen molar-refractivity contribution in [1.82, 2.24) is 0 Å². The van der Waals surface area contributed by atoms with E-state index >= 15 is 0 Å². The third-order valence-corrected chi connectivity index (χ3v) is 6.13. The number of hydrogen-bond acceptors (Lipinski definition) is 6. The van der Waals surface area contributed by atoms with Crippen LogP contribution in [0.25, 0.3) is 0 Å². The molecule has 0 spiro atoms. The summed E-state index contributed by atoms with van der Waals surface area (Å²) in [5.41, 5.74) is 1.15. The highest BCUT2D eigenvalue weighted by molar-refractivity contribution is 5.99. The number of phenols is 2. The first kappa shape index (κ1) is 15.4. The van der Waals surface area contributed by atoms with Crippen LogP contribution in [-0.4, -0.2) is 29.0 Å². The Bertz CT molecular complexity index is 955. The number of carbonyl (C=O) groups is 1. The zero-order valence-corrected chi connectivity index (χ0v) is 14.3. The number of fused-ring (bicyclic) bond motifs is 2. The van der Waals surface area contributed by atoms with E-state index in [1.165, 1.54) is 6.07 Å². The molecule has 2 aliphatic heterocycles. The van der Waals surface area contributed by atoms with E-state index in [1.54, 1.807) is 13.2 Å². The molecule has 3 N–H and O–H groups in total. The van der Waals surface area contributed by atoms with Gasteiger partial charge in [-0.25, -0.2) is 4.79 Å². The van der Waals surface area contributed by atoms with Crippen molar-refractivity contribution in [2.45, 2.75) is 36.8 Å². The van der Waals surface area contributed by atoms with Crippen LogP contribution in [-0.2, 0) is 10.2 Å². The molecule has 1 fully saturated rings. The van der Waals surface area contributed by atoms with Crippen molar-refractivity contribution in [1.29, 1.82) is 0 Å². The summed E-state index contributed by atoms with van der Waals surface area (Å²) >= 11 is 0. The number of anilines is 1. The summed E-state index contributed by atoms with van der Waals surface area (Å²) < 4.78 is 11.4. The Morgan fingerprint density at radius 1 is 1.12 bits per heavy atom. The van der Waals surface area contributed by atoms with Gasteiger partial charge < -0.3 is 25.0 Å². The lowest BCUT2D eigenvalue weighted by atomic mass is 9.59. The number of nitrogens with one attached hydrogen (secondary N) is 1. The predicted octanol–water partition coefficient (Wildman–Crippen LogP) is 3.26. The molecule has 0 bridgehead atoms. The quantitative estimate of drug-likeness (QED) is 0.539. The van der Waals surface area contributed by atoms with Gasteiger partial charge in [-0.3, -0.25) is 0 Å². The smallest absolute Gasteiger partial charge is 0.344 e. The number of esters is 1. The number of aromatic hydroxyl groups is 2. The number of benzene rings is 2. The van der Waals surface area contributed by atoms with E-state index in [2.05, 4.69) is 5.32 Å². The minimum absolute atomic E-state index is 0.0556. The largest absolute Gasteiger partial charge is 0.504 e. The summed E-state index contributed by atoms with van der Waals surface area (Å²) in [6.07, 6.45) is 3.35. The molecule has 2 aromatic carbocycles. The standard InChI is InChI=1S/C20H19NO5/c1-25-11-4-6-14-13(10-11)19-8-2-3-9-20(19,21-14)26-18(24)16-12(19)5-7-15(22)17(16)23/h4-7,10,21-23H,2-3,8-9H2,1H3/t19-,20-/m0/s1. The Morgan fingerprint density at radius 3 is 2.73 bits per heavy atom. The summed E-state index contributed by atoms with van der Waals surface area (Å²) in [7, 11) is 1.62. The molecular weight excluding hydrogens is 334 g/mol. The second kappa shape index (κ2) is 4.84. The monoisotopic (exact) mass is 353 g/mol. The number of hydrogen-bond donors (Lipinski definition) is 3. The van der Waals surface area contributed by atoms with Gasteiger partial charge in [0.1, 0.15) is 11.3 Å². The minimum Gasteiger partial charge on any atom is -0.504 e. The normalized spacial score (nSPS) is 28.1. The Labute approximate surface area is 150 Å². The van der Waals surface area contributed by atoms with Gasteiger partial charge in [0.15, 0.2) is 17.2 Å². The zero-order valence-electron chi connectivity index (χ0n) is 14.3. The van der Waals surface area contributed by atoms with Crippen molar-refractivity contribution >= 4 is 11.7 Å². The lowest BCUT2D eigenvalue weighted by Crippen LogP contribution is -2.60. The summed E-state index contributed by atoms with van der Waals surface area (Å²) in [4.78, 5) is 12.8. The SMILES string of the molecule is COc1ccc2c(c1)[C@@]13CCCC[C@]1(N2)OC(=O)c1c3ccc(O)c1O. The maximum absolute atomic E-state index is 12.8. The van der Waals surface area contributed by atoms with Gasteiger partial charge >= 0.3 is 5.97 Å². The van der Waals surface area contributed by atoms with Crippen LogP contribution in [0.1, 0.15) is 47.2 Å². The average Bonchev–Trinajstić information content (AvgIpc) is 2.94. The van der Waals surface area contributed by atoms with Crippen LogP contribution < -0.4 is 10.1 Å². The number of methoxy groups -OCH3 is 1.